The summed E-state index contributed by atoms with van der Waals surface area (Å²) in [5.41, 5.74) is 1.14. The van der Waals surface area contributed by atoms with Crippen LogP contribution in [0.25, 0.3) is 0 Å². The van der Waals surface area contributed by atoms with Crippen LogP contribution in [0.15, 0.2) is 12.4 Å². The molecule has 2 saturated carbocycles. The van der Waals surface area contributed by atoms with E-state index in [-0.39, 0.29) is 0 Å². The second-order valence-electron chi connectivity index (χ2n) is 7.11. The molecule has 0 N–H and O–H groups in total. The van der Waals surface area contributed by atoms with Gasteiger partial charge in [0.25, 0.3) is 0 Å². The zero-order chi connectivity index (χ0) is 16.7. The third-order valence-electron chi connectivity index (χ3n) is 5.19. The van der Waals surface area contributed by atoms with Crippen LogP contribution >= 0.6 is 0 Å². The Morgan fingerprint density at radius 3 is 1.91 bits per heavy atom. The molecular formula is C19H28N2O2. The fourth-order valence-corrected chi connectivity index (χ4v) is 3.71. The van der Waals surface area contributed by atoms with E-state index < -0.39 is 0 Å². The number of hydrogen-bond donors (Lipinski definition) is 0. The average Bonchev–Trinajstić information content (AvgIpc) is 2.60. The Kier molecular flexibility index (Phi) is 7.22. The van der Waals surface area contributed by atoms with Crippen molar-refractivity contribution in [2.24, 2.45) is 5.92 Å². The summed E-state index contributed by atoms with van der Waals surface area (Å²) >= 11 is 0. The normalized spacial score (nSPS) is 31.0. The topological polar surface area (TPSA) is 54.9 Å². The molecule has 1 aromatic heterocycles. The first-order valence-electron chi connectivity index (χ1n) is 8.85. The number of nitrogens with zero attached hydrogens (tertiary/aromatic N) is 2. The van der Waals surface area contributed by atoms with Crippen LogP contribution in [0.5, 0.6) is 0 Å². The zero-order valence-electron chi connectivity index (χ0n) is 14.3. The monoisotopic (exact) mass is 316 g/mol. The van der Waals surface area contributed by atoms with E-state index in [1.54, 1.807) is 0 Å². The average molecular weight is 316 g/mol. The Bertz CT molecular complexity index is 470. The predicted octanol–water partition coefficient (Wildman–Crippen LogP) is 4.37. The van der Waals surface area contributed by atoms with E-state index in [1.807, 2.05) is 19.3 Å². The first kappa shape index (κ1) is 18.1. The molecule has 2 fully saturated rings. The van der Waals surface area contributed by atoms with Crippen molar-refractivity contribution in [3.8, 4) is 0 Å². The summed E-state index contributed by atoms with van der Waals surface area (Å²) in [4.78, 5) is 9.00. The van der Waals surface area contributed by atoms with Gasteiger partial charge in [-0.2, -0.15) is 0 Å². The van der Waals surface area contributed by atoms with Crippen molar-refractivity contribution in [1.82, 2.24) is 9.97 Å². The van der Waals surface area contributed by atoms with E-state index in [1.165, 1.54) is 51.4 Å². The van der Waals surface area contributed by atoms with Gasteiger partial charge in [-0.3, -0.25) is 0 Å². The van der Waals surface area contributed by atoms with Gasteiger partial charge in [-0.15, -0.1) is 0 Å². The predicted molar refractivity (Wildman–Crippen MR) is 88.2 cm³/mol. The van der Waals surface area contributed by atoms with Gasteiger partial charge in [0.1, 0.15) is 5.82 Å². The van der Waals surface area contributed by atoms with E-state index >= 15 is 0 Å². The number of hydrogen-bond acceptors (Lipinski definition) is 3. The molecule has 0 atom stereocenters. The molecule has 0 unspecified atom stereocenters. The number of aryl methyl sites for hydroxylation is 1. The first-order valence-corrected chi connectivity index (χ1v) is 8.85. The summed E-state index contributed by atoms with van der Waals surface area (Å²) in [7, 11) is 0. The van der Waals surface area contributed by atoms with Crippen LogP contribution in [-0.4, -0.2) is 22.2 Å². The van der Waals surface area contributed by atoms with Crippen LogP contribution in [-0.2, 0) is 9.39 Å². The van der Waals surface area contributed by atoms with Crippen molar-refractivity contribution in [2.45, 2.75) is 83.3 Å². The van der Waals surface area contributed by atoms with E-state index in [0.29, 0.717) is 18.1 Å². The Balaban J connectivity index is 0.000000924. The van der Waals surface area contributed by atoms with Gasteiger partial charge in [0, 0.05) is 18.3 Å². The maximum atomic E-state index is 7.50. The van der Waals surface area contributed by atoms with Gasteiger partial charge in [0.15, 0.2) is 0 Å². The molecule has 23 heavy (non-hydrogen) atoms. The second kappa shape index (κ2) is 9.17. The molecule has 0 bridgehead atoms. The molecule has 2 aliphatic rings. The fraction of sp³-hybridized carbons (Fsp3) is 0.737. The summed E-state index contributed by atoms with van der Waals surface area (Å²) in [5, 5.41) is 0. The zero-order valence-corrected chi connectivity index (χ0v) is 14.3. The van der Waals surface area contributed by atoms with Gasteiger partial charge in [-0.1, -0.05) is 6.92 Å². The Hall–Kier alpha value is -1.22. The van der Waals surface area contributed by atoms with Crippen LogP contribution in [0.2, 0.25) is 0 Å². The Morgan fingerprint density at radius 2 is 1.39 bits per heavy atom. The maximum absolute atomic E-state index is 7.50. The summed E-state index contributed by atoms with van der Waals surface area (Å²) in [5.74, 6) is 2.47. The summed E-state index contributed by atoms with van der Waals surface area (Å²) in [6, 6.07) is 0. The standard InChI is InChI=1S/C18H28N2O.CO/c1-13-3-7-16(8-4-13)21-17-9-5-15(6-10-17)18-19-11-14(2)12-20-18;1-2/h11-13,15-17H,3-10H2,1-2H3;. The quantitative estimate of drug-likeness (QED) is 0.614. The molecule has 0 amide bonds. The van der Waals surface area contributed by atoms with Crippen molar-refractivity contribution in [2.75, 3.05) is 0 Å². The molecule has 3 rings (SSSR count). The van der Waals surface area contributed by atoms with Gasteiger partial charge >= 0.3 is 11.3 Å². The molecule has 2 aliphatic carbocycles. The molecule has 0 radical (unpaired) electrons. The van der Waals surface area contributed by atoms with Gasteiger partial charge < -0.3 is 4.74 Å². The van der Waals surface area contributed by atoms with E-state index in [0.717, 1.165) is 17.3 Å². The van der Waals surface area contributed by atoms with Gasteiger partial charge in [0.05, 0.1) is 12.2 Å². The molecule has 1 aromatic rings. The molecule has 1 heterocycles. The molecule has 4 heteroatoms. The Morgan fingerprint density at radius 1 is 0.913 bits per heavy atom. The Labute approximate surface area is 139 Å². The van der Waals surface area contributed by atoms with Gasteiger partial charge in [-0.25, -0.2) is 9.97 Å². The summed E-state index contributed by atoms with van der Waals surface area (Å²) in [6.07, 6.45) is 14.8. The second-order valence-corrected chi connectivity index (χ2v) is 7.11. The van der Waals surface area contributed by atoms with Crippen LogP contribution < -0.4 is 0 Å². The van der Waals surface area contributed by atoms with Crippen molar-refractivity contribution in [1.29, 1.82) is 0 Å². The van der Waals surface area contributed by atoms with Crippen molar-refractivity contribution in [3.05, 3.63) is 30.4 Å². The molecule has 0 saturated heterocycles. The summed E-state index contributed by atoms with van der Waals surface area (Å²) < 4.78 is 13.8. The molecule has 0 aliphatic heterocycles. The van der Waals surface area contributed by atoms with Crippen molar-refractivity contribution < 1.29 is 9.39 Å². The molecule has 0 spiro atoms. The van der Waals surface area contributed by atoms with Gasteiger partial charge in [-0.05, 0) is 69.8 Å². The molecule has 0 aromatic carbocycles. The third-order valence-corrected chi connectivity index (χ3v) is 5.19. The van der Waals surface area contributed by atoms with Crippen LogP contribution in [0.1, 0.15) is 75.6 Å². The number of aromatic nitrogens is 2. The minimum atomic E-state index is 0.477. The van der Waals surface area contributed by atoms with E-state index in [4.69, 9.17) is 9.39 Å². The van der Waals surface area contributed by atoms with Crippen LogP contribution in [0.4, 0.5) is 0 Å². The minimum absolute atomic E-state index is 0.477. The van der Waals surface area contributed by atoms with E-state index in [2.05, 4.69) is 23.5 Å². The van der Waals surface area contributed by atoms with Crippen molar-refractivity contribution in [3.63, 3.8) is 0 Å². The molecular weight excluding hydrogens is 288 g/mol. The third kappa shape index (κ3) is 5.42. The van der Waals surface area contributed by atoms with E-state index in [9.17, 15) is 0 Å². The SMILES string of the molecule is Cc1cnc(C2CCC(OC3CCC(C)CC3)CC2)nc1.[C-]#[O+]. The first-order chi connectivity index (χ1) is 11.2. The van der Waals surface area contributed by atoms with Crippen LogP contribution in [0, 0.1) is 19.5 Å². The molecule has 4 nitrogen and oxygen atoms in total. The summed E-state index contributed by atoms with van der Waals surface area (Å²) in [6.45, 7) is 8.91. The fourth-order valence-electron chi connectivity index (χ4n) is 3.71. The van der Waals surface area contributed by atoms with Crippen LogP contribution in [0.3, 0.4) is 0 Å². The molecule has 126 valence electrons. The van der Waals surface area contributed by atoms with Crippen molar-refractivity contribution >= 4 is 0 Å². The number of ether oxygens (including phenoxy) is 1. The van der Waals surface area contributed by atoms with Gasteiger partial charge in [0.2, 0.25) is 0 Å². The number of rotatable bonds is 3.